The Labute approximate surface area is 155 Å². The zero-order chi connectivity index (χ0) is 16.7. The molecule has 0 unspecified atom stereocenters. The first-order valence-corrected chi connectivity index (χ1v) is 9.26. The van der Waals surface area contributed by atoms with Gasteiger partial charge in [-0.3, -0.25) is 4.79 Å². The van der Waals surface area contributed by atoms with Crippen LogP contribution in [0.15, 0.2) is 24.4 Å². The predicted octanol–water partition coefficient (Wildman–Crippen LogP) is 4.08. The number of anilines is 1. The average Bonchev–Trinajstić information content (AvgIpc) is 3.23. The number of aromatic nitrogens is 1. The van der Waals surface area contributed by atoms with Crippen LogP contribution in [-0.2, 0) is 11.8 Å². The number of nitrogens with two attached hydrogens (primary N) is 1. The highest BCUT2D eigenvalue weighted by Gasteiger charge is 2.31. The van der Waals surface area contributed by atoms with Crippen molar-refractivity contribution in [3.8, 4) is 0 Å². The molecule has 2 N–H and O–H groups in total. The fraction of sp³-hybridized carbons (Fsp3) is 0.550. The van der Waals surface area contributed by atoms with Crippen molar-refractivity contribution in [2.75, 3.05) is 18.8 Å². The summed E-state index contributed by atoms with van der Waals surface area (Å²) in [7, 11) is 2.10. The van der Waals surface area contributed by atoms with E-state index in [1.165, 1.54) is 29.3 Å². The molecule has 1 saturated heterocycles. The minimum absolute atomic E-state index is 0. The maximum Gasteiger partial charge on any atom is 0.225 e. The topological polar surface area (TPSA) is 51.3 Å². The number of fused-ring (bicyclic) bond motifs is 1. The predicted molar refractivity (Wildman–Crippen MR) is 105 cm³/mol. The van der Waals surface area contributed by atoms with Crippen LogP contribution >= 0.6 is 12.4 Å². The number of likely N-dealkylation sites (tertiary alicyclic amines) is 1. The molecule has 1 aromatic heterocycles. The number of aryl methyl sites for hydroxylation is 1. The Balaban J connectivity index is 0.00000182. The molecule has 1 aromatic carbocycles. The Bertz CT molecular complexity index is 756. The molecule has 136 valence electrons. The molecule has 0 spiro atoms. The van der Waals surface area contributed by atoms with Gasteiger partial charge in [0.2, 0.25) is 5.91 Å². The van der Waals surface area contributed by atoms with Crippen molar-refractivity contribution >= 4 is 34.9 Å². The second kappa shape index (κ2) is 7.28. The molecule has 25 heavy (non-hydrogen) atoms. The minimum atomic E-state index is 0. The summed E-state index contributed by atoms with van der Waals surface area (Å²) in [6.07, 6.45) is 9.03. The third-order valence-electron chi connectivity index (χ3n) is 6.00. The number of carbonyl (C=O) groups excluding carboxylic acids is 1. The van der Waals surface area contributed by atoms with Crippen molar-refractivity contribution in [2.24, 2.45) is 13.0 Å². The summed E-state index contributed by atoms with van der Waals surface area (Å²) in [4.78, 5) is 14.7. The van der Waals surface area contributed by atoms with Gasteiger partial charge in [0.25, 0.3) is 0 Å². The van der Waals surface area contributed by atoms with E-state index < -0.39 is 0 Å². The lowest BCUT2D eigenvalue weighted by atomic mass is 9.88. The number of nitrogen functional groups attached to an aromatic ring is 1. The van der Waals surface area contributed by atoms with Crippen molar-refractivity contribution in [3.05, 3.63) is 30.0 Å². The molecule has 2 aliphatic rings. The lowest BCUT2D eigenvalue weighted by molar-refractivity contribution is -0.136. The summed E-state index contributed by atoms with van der Waals surface area (Å²) < 4.78 is 2.19. The number of hydrogen-bond acceptors (Lipinski definition) is 2. The largest absolute Gasteiger partial charge is 0.399 e. The van der Waals surface area contributed by atoms with E-state index in [0.29, 0.717) is 17.7 Å². The normalized spacial score (nSPS) is 19.3. The second-order valence-electron chi connectivity index (χ2n) is 7.55. The Morgan fingerprint density at radius 1 is 1.12 bits per heavy atom. The number of benzene rings is 1. The Hall–Kier alpha value is -1.68. The van der Waals surface area contributed by atoms with Crippen LogP contribution in [0.1, 0.15) is 50.0 Å². The molecule has 0 radical (unpaired) electrons. The summed E-state index contributed by atoms with van der Waals surface area (Å²) in [5.41, 5.74) is 9.46. The molecule has 1 saturated carbocycles. The van der Waals surface area contributed by atoms with Crippen LogP contribution in [0.5, 0.6) is 0 Å². The number of amides is 1. The van der Waals surface area contributed by atoms with Crippen LogP contribution in [0.25, 0.3) is 10.9 Å². The highest BCUT2D eigenvalue weighted by atomic mass is 35.5. The van der Waals surface area contributed by atoms with E-state index in [1.54, 1.807) is 0 Å². The third kappa shape index (κ3) is 3.37. The molecule has 1 aliphatic heterocycles. The lowest BCUT2D eigenvalue weighted by Crippen LogP contribution is -2.40. The zero-order valence-corrected chi connectivity index (χ0v) is 15.7. The van der Waals surface area contributed by atoms with E-state index in [9.17, 15) is 4.79 Å². The first kappa shape index (κ1) is 18.1. The van der Waals surface area contributed by atoms with Crippen molar-refractivity contribution in [2.45, 2.75) is 44.4 Å². The first-order chi connectivity index (χ1) is 11.6. The van der Waals surface area contributed by atoms with Gasteiger partial charge in [0.15, 0.2) is 0 Å². The lowest BCUT2D eigenvalue weighted by Gasteiger charge is -2.33. The van der Waals surface area contributed by atoms with Crippen LogP contribution in [0.4, 0.5) is 5.69 Å². The Morgan fingerprint density at radius 2 is 1.80 bits per heavy atom. The molecule has 4 rings (SSSR count). The molecule has 1 aliphatic carbocycles. The molecular weight excluding hydrogens is 334 g/mol. The zero-order valence-electron chi connectivity index (χ0n) is 14.9. The van der Waals surface area contributed by atoms with Crippen molar-refractivity contribution in [1.82, 2.24) is 9.47 Å². The summed E-state index contributed by atoms with van der Waals surface area (Å²) >= 11 is 0. The fourth-order valence-corrected chi connectivity index (χ4v) is 4.61. The van der Waals surface area contributed by atoms with Gasteiger partial charge < -0.3 is 15.2 Å². The number of rotatable bonds is 2. The standard InChI is InChI=1S/C20H27N3O.ClH/c1-22-13-18(17-12-16(21)6-7-19(17)22)14-8-10-23(11-9-14)20(24)15-4-2-3-5-15;/h6-7,12-15H,2-5,8-11,21H2,1H3;1H. The van der Waals surface area contributed by atoms with Crippen molar-refractivity contribution in [3.63, 3.8) is 0 Å². The third-order valence-corrected chi connectivity index (χ3v) is 6.00. The van der Waals surface area contributed by atoms with E-state index in [2.05, 4.69) is 34.8 Å². The van der Waals surface area contributed by atoms with Gasteiger partial charge in [-0.1, -0.05) is 12.8 Å². The molecular formula is C20H28ClN3O. The smallest absolute Gasteiger partial charge is 0.225 e. The molecule has 2 heterocycles. The van der Waals surface area contributed by atoms with Crippen LogP contribution in [0, 0.1) is 5.92 Å². The summed E-state index contributed by atoms with van der Waals surface area (Å²) in [5, 5.41) is 1.28. The maximum atomic E-state index is 12.6. The SMILES string of the molecule is Cl.Cn1cc(C2CCN(C(=O)C3CCCC3)CC2)c2cc(N)ccc21. The highest BCUT2D eigenvalue weighted by Crippen LogP contribution is 2.36. The number of nitrogens with zero attached hydrogens (tertiary/aromatic N) is 2. The van der Waals surface area contributed by atoms with Gasteiger partial charge in [0.05, 0.1) is 0 Å². The number of piperidine rings is 1. The molecule has 1 amide bonds. The Morgan fingerprint density at radius 3 is 2.48 bits per heavy atom. The number of carbonyl (C=O) groups is 1. The van der Waals surface area contributed by atoms with Crippen LogP contribution in [0.3, 0.4) is 0 Å². The Kier molecular flexibility index (Phi) is 5.28. The van der Waals surface area contributed by atoms with Gasteiger partial charge in [-0.2, -0.15) is 0 Å². The molecule has 0 bridgehead atoms. The number of hydrogen-bond donors (Lipinski definition) is 1. The monoisotopic (exact) mass is 361 g/mol. The minimum Gasteiger partial charge on any atom is -0.399 e. The van der Waals surface area contributed by atoms with Crippen molar-refractivity contribution < 1.29 is 4.79 Å². The number of halogens is 1. The van der Waals surface area contributed by atoms with Crippen molar-refractivity contribution in [1.29, 1.82) is 0 Å². The first-order valence-electron chi connectivity index (χ1n) is 9.26. The average molecular weight is 362 g/mol. The summed E-state index contributed by atoms with van der Waals surface area (Å²) in [6, 6.07) is 6.17. The summed E-state index contributed by atoms with van der Waals surface area (Å²) in [5.74, 6) is 1.25. The van der Waals surface area contributed by atoms with E-state index >= 15 is 0 Å². The van der Waals surface area contributed by atoms with Gasteiger partial charge in [-0.05, 0) is 55.4 Å². The molecule has 4 nitrogen and oxygen atoms in total. The molecule has 0 atom stereocenters. The van der Waals surface area contributed by atoms with Gasteiger partial charge >= 0.3 is 0 Å². The molecule has 2 aromatic rings. The van der Waals surface area contributed by atoms with Crippen LogP contribution in [-0.4, -0.2) is 28.5 Å². The van der Waals surface area contributed by atoms with Gasteiger partial charge in [-0.25, -0.2) is 0 Å². The van der Waals surface area contributed by atoms with Gasteiger partial charge in [0.1, 0.15) is 0 Å². The molecule has 2 fully saturated rings. The molecule has 5 heteroatoms. The summed E-state index contributed by atoms with van der Waals surface area (Å²) in [6.45, 7) is 1.80. The van der Waals surface area contributed by atoms with E-state index in [4.69, 9.17) is 5.73 Å². The van der Waals surface area contributed by atoms with Gasteiger partial charge in [-0.15, -0.1) is 12.4 Å². The fourth-order valence-electron chi connectivity index (χ4n) is 4.61. The van der Waals surface area contributed by atoms with Crippen LogP contribution < -0.4 is 5.73 Å². The van der Waals surface area contributed by atoms with E-state index in [0.717, 1.165) is 44.5 Å². The van der Waals surface area contributed by atoms with Crippen LogP contribution in [0.2, 0.25) is 0 Å². The quantitative estimate of drug-likeness (QED) is 0.819. The van der Waals surface area contributed by atoms with Gasteiger partial charge in [0, 0.05) is 48.8 Å². The van der Waals surface area contributed by atoms with E-state index in [1.807, 2.05) is 6.07 Å². The second-order valence-corrected chi connectivity index (χ2v) is 7.55. The highest BCUT2D eigenvalue weighted by molar-refractivity contribution is 5.87. The van der Waals surface area contributed by atoms with E-state index in [-0.39, 0.29) is 12.4 Å². The maximum absolute atomic E-state index is 12.6.